The zero-order valence-corrected chi connectivity index (χ0v) is 13.6. The minimum atomic E-state index is -1.40. The number of cyclic esters (lactones) is 1. The van der Waals surface area contributed by atoms with E-state index in [4.69, 9.17) is 4.74 Å². The molecule has 0 radical (unpaired) electrons. The third-order valence-corrected chi connectivity index (χ3v) is 3.87. The monoisotopic (exact) mass is 332 g/mol. The van der Waals surface area contributed by atoms with Gasteiger partial charge in [0.15, 0.2) is 17.5 Å². The molecule has 2 aromatic carbocycles. The van der Waals surface area contributed by atoms with Crippen LogP contribution in [-0.2, 0) is 19.1 Å². The Morgan fingerprint density at radius 2 is 1.60 bits per heavy atom. The Morgan fingerprint density at radius 3 is 2.24 bits per heavy atom. The first-order chi connectivity index (χ1) is 12.0. The zero-order chi connectivity index (χ0) is 17.8. The summed E-state index contributed by atoms with van der Waals surface area (Å²) in [5.41, 5.74) is 2.97. The molecule has 4 heteroatoms. The van der Waals surface area contributed by atoms with Crippen LogP contribution in [-0.4, -0.2) is 17.5 Å². The van der Waals surface area contributed by atoms with E-state index in [2.05, 4.69) is 0 Å². The first-order valence-corrected chi connectivity index (χ1v) is 7.86. The molecule has 0 amide bonds. The van der Waals surface area contributed by atoms with Crippen molar-refractivity contribution in [2.75, 3.05) is 0 Å². The van der Waals surface area contributed by atoms with Gasteiger partial charge in [0.1, 0.15) is 5.76 Å². The second-order valence-electron chi connectivity index (χ2n) is 5.74. The van der Waals surface area contributed by atoms with E-state index in [1.807, 2.05) is 54.6 Å². The van der Waals surface area contributed by atoms with Crippen molar-refractivity contribution >= 4 is 23.6 Å². The Bertz CT molecular complexity index is 874. The number of rotatable bonds is 4. The molecule has 0 N–H and O–H groups in total. The summed E-state index contributed by atoms with van der Waals surface area (Å²) >= 11 is 0. The maximum atomic E-state index is 12.1. The lowest BCUT2D eigenvalue weighted by Crippen LogP contribution is -2.34. The summed E-state index contributed by atoms with van der Waals surface area (Å²) in [6.07, 6.45) is 4.01. The van der Waals surface area contributed by atoms with Crippen molar-refractivity contribution in [2.45, 2.75) is 6.92 Å². The van der Waals surface area contributed by atoms with Crippen molar-refractivity contribution in [1.29, 1.82) is 0 Å². The molecular weight excluding hydrogens is 316 g/mol. The van der Waals surface area contributed by atoms with Gasteiger partial charge in [-0.3, -0.25) is 14.4 Å². The Hall–Kier alpha value is -3.27. The number of benzene rings is 2. The predicted octanol–water partition coefficient (Wildman–Crippen LogP) is 3.58. The van der Waals surface area contributed by atoms with Crippen LogP contribution in [0.4, 0.5) is 0 Å². The molecule has 3 rings (SSSR count). The first-order valence-electron chi connectivity index (χ1n) is 7.86. The van der Waals surface area contributed by atoms with Crippen LogP contribution in [0.2, 0.25) is 0 Å². The smallest absolute Gasteiger partial charge is 0.329 e. The van der Waals surface area contributed by atoms with Crippen molar-refractivity contribution in [3.8, 4) is 11.1 Å². The average Bonchev–Trinajstić information content (AvgIpc) is 2.60. The number of hydrogen-bond acceptors (Lipinski definition) is 4. The van der Waals surface area contributed by atoms with E-state index in [1.165, 1.54) is 19.1 Å². The number of esters is 1. The molecule has 0 aromatic heterocycles. The van der Waals surface area contributed by atoms with Crippen LogP contribution in [0.15, 0.2) is 72.5 Å². The summed E-state index contributed by atoms with van der Waals surface area (Å²) < 4.78 is 4.85. The van der Waals surface area contributed by atoms with Gasteiger partial charge in [0.25, 0.3) is 0 Å². The van der Waals surface area contributed by atoms with Gasteiger partial charge in [-0.1, -0.05) is 60.7 Å². The molecular formula is C21H16O4. The summed E-state index contributed by atoms with van der Waals surface area (Å²) in [5.74, 6) is -3.13. The van der Waals surface area contributed by atoms with Gasteiger partial charge in [0.05, 0.1) is 0 Å². The SMILES string of the molecule is CC1=CC(=O)C(C(=O)/C=C/c2ccc(-c3ccccc3)cc2)C(=O)O1. The van der Waals surface area contributed by atoms with E-state index >= 15 is 0 Å². The summed E-state index contributed by atoms with van der Waals surface area (Å²) in [7, 11) is 0. The molecule has 25 heavy (non-hydrogen) atoms. The van der Waals surface area contributed by atoms with E-state index < -0.39 is 23.5 Å². The van der Waals surface area contributed by atoms with Gasteiger partial charge in [-0.25, -0.2) is 0 Å². The van der Waals surface area contributed by atoms with Crippen LogP contribution in [0.25, 0.3) is 17.2 Å². The van der Waals surface area contributed by atoms with Crippen molar-refractivity contribution < 1.29 is 19.1 Å². The van der Waals surface area contributed by atoms with E-state index in [0.717, 1.165) is 16.7 Å². The predicted molar refractivity (Wildman–Crippen MR) is 94.3 cm³/mol. The maximum absolute atomic E-state index is 12.1. The minimum absolute atomic E-state index is 0.208. The highest BCUT2D eigenvalue weighted by Gasteiger charge is 2.36. The molecule has 0 fully saturated rings. The number of carbonyl (C=O) groups excluding carboxylic acids is 3. The van der Waals surface area contributed by atoms with Gasteiger partial charge < -0.3 is 4.74 Å². The average molecular weight is 332 g/mol. The standard InChI is InChI=1S/C21H16O4/c1-14-13-19(23)20(21(24)25-14)18(22)12-9-15-7-10-17(11-8-15)16-5-3-2-4-6-16/h2-13,20H,1H3/b12-9+. The fraction of sp³-hybridized carbons (Fsp3) is 0.0952. The summed E-state index contributed by atoms with van der Waals surface area (Å²) in [4.78, 5) is 35.7. The highest BCUT2D eigenvalue weighted by molar-refractivity contribution is 6.25. The van der Waals surface area contributed by atoms with Gasteiger partial charge in [-0.05, 0) is 29.7 Å². The summed E-state index contributed by atoms with van der Waals surface area (Å²) in [6, 6.07) is 17.6. The van der Waals surface area contributed by atoms with E-state index in [-0.39, 0.29) is 5.76 Å². The Morgan fingerprint density at radius 1 is 0.960 bits per heavy atom. The summed E-state index contributed by atoms with van der Waals surface area (Å²) in [5, 5.41) is 0. The molecule has 0 spiro atoms. The minimum Gasteiger partial charge on any atom is -0.430 e. The van der Waals surface area contributed by atoms with Gasteiger partial charge >= 0.3 is 5.97 Å². The normalized spacial score (nSPS) is 17.3. The lowest BCUT2D eigenvalue weighted by molar-refractivity contribution is -0.151. The first kappa shape index (κ1) is 16.6. The molecule has 0 aliphatic carbocycles. The molecule has 1 atom stereocenters. The van der Waals surface area contributed by atoms with Crippen molar-refractivity contribution in [1.82, 2.24) is 0 Å². The lowest BCUT2D eigenvalue weighted by atomic mass is 9.95. The summed E-state index contributed by atoms with van der Waals surface area (Å²) in [6.45, 7) is 1.50. The van der Waals surface area contributed by atoms with Gasteiger partial charge in [0, 0.05) is 6.08 Å². The van der Waals surface area contributed by atoms with Crippen LogP contribution in [0.1, 0.15) is 12.5 Å². The number of allylic oxidation sites excluding steroid dienone is 3. The number of ether oxygens (including phenoxy) is 1. The second kappa shape index (κ2) is 7.09. The molecule has 0 bridgehead atoms. The van der Waals surface area contributed by atoms with Crippen molar-refractivity contribution in [3.63, 3.8) is 0 Å². The molecule has 1 heterocycles. The Labute approximate surface area is 145 Å². The molecule has 1 unspecified atom stereocenters. The quantitative estimate of drug-likeness (QED) is 0.488. The fourth-order valence-electron chi connectivity index (χ4n) is 2.60. The molecule has 1 aliphatic heterocycles. The lowest BCUT2D eigenvalue weighted by Gasteiger charge is -2.15. The largest absolute Gasteiger partial charge is 0.430 e. The Balaban J connectivity index is 1.73. The van der Waals surface area contributed by atoms with Gasteiger partial charge in [0.2, 0.25) is 0 Å². The van der Waals surface area contributed by atoms with Crippen molar-refractivity contribution in [2.24, 2.45) is 5.92 Å². The van der Waals surface area contributed by atoms with Crippen LogP contribution in [0, 0.1) is 5.92 Å². The third kappa shape index (κ3) is 3.80. The molecule has 2 aromatic rings. The van der Waals surface area contributed by atoms with Crippen LogP contribution in [0.5, 0.6) is 0 Å². The van der Waals surface area contributed by atoms with Crippen LogP contribution >= 0.6 is 0 Å². The van der Waals surface area contributed by atoms with Gasteiger partial charge in [-0.15, -0.1) is 0 Å². The van der Waals surface area contributed by atoms with Crippen LogP contribution < -0.4 is 0 Å². The van der Waals surface area contributed by atoms with E-state index in [9.17, 15) is 14.4 Å². The number of ketones is 2. The van der Waals surface area contributed by atoms with E-state index in [0.29, 0.717) is 0 Å². The Kier molecular flexibility index (Phi) is 4.70. The zero-order valence-electron chi connectivity index (χ0n) is 13.6. The van der Waals surface area contributed by atoms with Crippen LogP contribution in [0.3, 0.4) is 0 Å². The third-order valence-electron chi connectivity index (χ3n) is 3.87. The van der Waals surface area contributed by atoms with E-state index in [1.54, 1.807) is 6.08 Å². The highest BCUT2D eigenvalue weighted by atomic mass is 16.5. The van der Waals surface area contributed by atoms with Gasteiger partial charge in [-0.2, -0.15) is 0 Å². The molecule has 0 saturated heterocycles. The fourth-order valence-corrected chi connectivity index (χ4v) is 2.60. The molecule has 0 saturated carbocycles. The molecule has 1 aliphatic rings. The molecule has 4 nitrogen and oxygen atoms in total. The van der Waals surface area contributed by atoms with Crippen molar-refractivity contribution in [3.05, 3.63) is 78.1 Å². The maximum Gasteiger partial charge on any atom is 0.329 e. The topological polar surface area (TPSA) is 60.4 Å². The number of carbonyl (C=O) groups is 3. The second-order valence-corrected chi connectivity index (χ2v) is 5.74. The molecule has 124 valence electrons. The number of hydrogen-bond donors (Lipinski definition) is 0. The highest BCUT2D eigenvalue weighted by Crippen LogP contribution is 2.20.